The van der Waals surface area contributed by atoms with Crippen LogP contribution >= 0.6 is 58.5 Å². The average Bonchev–Trinajstić information content (AvgIpc) is 2.87. The number of carboxylic acid groups (broad SMARTS) is 1. The fourth-order valence-electron chi connectivity index (χ4n) is 3.82. The third kappa shape index (κ3) is 5.78. The van der Waals surface area contributed by atoms with Crippen LogP contribution in [0, 0.1) is 0 Å². The van der Waals surface area contributed by atoms with E-state index in [1.165, 1.54) is 33.0 Å². The first-order valence-corrected chi connectivity index (χ1v) is 14.8. The Balaban J connectivity index is 1.44. The van der Waals surface area contributed by atoms with Crippen LogP contribution in [0.4, 0.5) is 0 Å². The largest absolute Gasteiger partial charge is 0.488 e. The van der Waals surface area contributed by atoms with E-state index < -0.39 is 40.6 Å². The second-order valence-corrected chi connectivity index (χ2v) is 12.3. The Bertz CT molecular complexity index is 1400. The van der Waals surface area contributed by atoms with Crippen molar-refractivity contribution in [3.05, 3.63) is 49.9 Å². The number of hydrogen-bond acceptors (Lipinski definition) is 10. The molecule has 0 saturated carbocycles. The SMILES string of the molecule is CC(C)n1c(SCC2=C(C(=O)O)N3C(=O)C(NC(=O)CSc4cc(Cl)ccc4Cl)[C@H]3SC2)nnc(O)c1=O. The minimum atomic E-state index is -1.27. The van der Waals surface area contributed by atoms with Crippen molar-refractivity contribution in [1.29, 1.82) is 0 Å². The van der Waals surface area contributed by atoms with Gasteiger partial charge in [0, 0.05) is 27.5 Å². The molecule has 1 unspecified atom stereocenters. The first kappa shape index (κ1) is 28.6. The molecule has 0 radical (unpaired) electrons. The van der Waals surface area contributed by atoms with Crippen LogP contribution in [0.15, 0.2) is 44.3 Å². The lowest BCUT2D eigenvalue weighted by Crippen LogP contribution is -2.70. The molecule has 0 spiro atoms. The second kappa shape index (κ2) is 11.8. The van der Waals surface area contributed by atoms with E-state index in [9.17, 15) is 29.4 Å². The maximum absolute atomic E-state index is 12.9. The molecular weight excluding hydrogens is 597 g/mol. The van der Waals surface area contributed by atoms with E-state index in [0.717, 1.165) is 11.8 Å². The first-order chi connectivity index (χ1) is 18.0. The van der Waals surface area contributed by atoms with E-state index in [-0.39, 0.29) is 28.4 Å². The van der Waals surface area contributed by atoms with Crippen LogP contribution in [0.3, 0.4) is 0 Å². The average molecular weight is 619 g/mol. The molecule has 11 nitrogen and oxygen atoms in total. The minimum Gasteiger partial charge on any atom is -0.488 e. The van der Waals surface area contributed by atoms with E-state index in [0.29, 0.717) is 26.3 Å². The number of β-lactam (4-membered cyclic amide) rings is 1. The summed E-state index contributed by atoms with van der Waals surface area (Å²) in [7, 11) is 0. The van der Waals surface area contributed by atoms with Gasteiger partial charge >= 0.3 is 11.5 Å². The summed E-state index contributed by atoms with van der Waals surface area (Å²) in [5, 5.41) is 30.1. The van der Waals surface area contributed by atoms with Gasteiger partial charge in [0.25, 0.3) is 11.8 Å². The highest BCUT2D eigenvalue weighted by molar-refractivity contribution is 8.01. The van der Waals surface area contributed by atoms with Gasteiger partial charge in [0.15, 0.2) is 5.16 Å². The summed E-state index contributed by atoms with van der Waals surface area (Å²) in [6.07, 6.45) is 0. The lowest BCUT2D eigenvalue weighted by molar-refractivity contribution is -0.150. The predicted octanol–water partition coefficient (Wildman–Crippen LogP) is 2.85. The molecule has 16 heteroatoms. The number of carbonyl (C=O) groups excluding carboxylic acids is 2. The van der Waals surface area contributed by atoms with Crippen LogP contribution in [0.5, 0.6) is 5.88 Å². The van der Waals surface area contributed by atoms with Gasteiger partial charge in [-0.2, -0.15) is 0 Å². The van der Waals surface area contributed by atoms with Gasteiger partial charge in [-0.25, -0.2) is 4.79 Å². The highest BCUT2D eigenvalue weighted by atomic mass is 35.5. The molecule has 1 aromatic heterocycles. The fraction of sp³-hybridized carbons (Fsp3) is 0.364. The van der Waals surface area contributed by atoms with E-state index in [4.69, 9.17) is 23.2 Å². The Labute approximate surface area is 239 Å². The van der Waals surface area contributed by atoms with E-state index >= 15 is 0 Å². The van der Waals surface area contributed by atoms with Crippen LogP contribution < -0.4 is 10.9 Å². The van der Waals surface area contributed by atoms with Gasteiger partial charge in [0.05, 0.1) is 10.8 Å². The number of nitrogens with one attached hydrogen (secondary N) is 1. The second-order valence-electron chi connectivity index (χ2n) is 8.44. The van der Waals surface area contributed by atoms with Crippen molar-refractivity contribution in [2.75, 3.05) is 17.3 Å². The van der Waals surface area contributed by atoms with Crippen molar-refractivity contribution >= 4 is 76.3 Å². The predicted molar refractivity (Wildman–Crippen MR) is 146 cm³/mol. The van der Waals surface area contributed by atoms with E-state index in [1.807, 2.05) is 0 Å². The van der Waals surface area contributed by atoms with Crippen molar-refractivity contribution in [3.8, 4) is 5.88 Å². The topological polar surface area (TPSA) is 155 Å². The van der Waals surface area contributed by atoms with Gasteiger partial charge in [-0.3, -0.25) is 23.9 Å². The highest BCUT2D eigenvalue weighted by Crippen LogP contribution is 2.41. The summed E-state index contributed by atoms with van der Waals surface area (Å²) >= 11 is 15.7. The van der Waals surface area contributed by atoms with Crippen LogP contribution in [-0.4, -0.2) is 76.3 Å². The van der Waals surface area contributed by atoms with Crippen molar-refractivity contribution in [3.63, 3.8) is 0 Å². The number of hydrogen-bond donors (Lipinski definition) is 3. The number of halogens is 2. The Morgan fingerprint density at radius 1 is 1.24 bits per heavy atom. The minimum absolute atomic E-state index is 0.00400. The third-order valence-electron chi connectivity index (χ3n) is 5.56. The van der Waals surface area contributed by atoms with Crippen molar-refractivity contribution in [2.24, 2.45) is 0 Å². The molecule has 2 aromatic rings. The molecule has 4 rings (SSSR count). The van der Waals surface area contributed by atoms with Crippen LogP contribution in [0.25, 0.3) is 0 Å². The Hall–Kier alpha value is -2.39. The lowest BCUT2D eigenvalue weighted by atomic mass is 10.0. The number of amides is 2. The summed E-state index contributed by atoms with van der Waals surface area (Å²) < 4.78 is 1.27. The van der Waals surface area contributed by atoms with Gasteiger partial charge in [-0.15, -0.1) is 33.7 Å². The summed E-state index contributed by atoms with van der Waals surface area (Å²) in [6.45, 7) is 3.48. The quantitative estimate of drug-likeness (QED) is 0.281. The summed E-state index contributed by atoms with van der Waals surface area (Å²) in [4.78, 5) is 51.7. The molecule has 2 atom stereocenters. The molecule has 1 aromatic carbocycles. The molecule has 0 bridgehead atoms. The number of thioether (sulfide) groups is 3. The van der Waals surface area contributed by atoms with Gasteiger partial charge in [-0.1, -0.05) is 35.0 Å². The monoisotopic (exact) mass is 617 g/mol. The zero-order valence-electron chi connectivity index (χ0n) is 19.9. The van der Waals surface area contributed by atoms with Crippen molar-refractivity contribution in [1.82, 2.24) is 25.0 Å². The molecule has 2 aliphatic heterocycles. The molecular formula is C22H21Cl2N5O6S3. The van der Waals surface area contributed by atoms with Crippen molar-refractivity contribution < 1.29 is 24.6 Å². The summed E-state index contributed by atoms with van der Waals surface area (Å²) in [5.41, 5.74) is -0.386. The Morgan fingerprint density at radius 2 is 1.97 bits per heavy atom. The van der Waals surface area contributed by atoms with Crippen LogP contribution in [0.1, 0.15) is 19.9 Å². The molecule has 0 aliphatic carbocycles. The number of aromatic nitrogens is 3. The number of fused-ring (bicyclic) bond motifs is 1. The number of aliphatic carboxylic acids is 1. The Kier molecular flexibility index (Phi) is 8.87. The molecule has 1 fully saturated rings. The highest BCUT2D eigenvalue weighted by Gasteiger charge is 2.54. The number of carboxylic acids is 1. The summed E-state index contributed by atoms with van der Waals surface area (Å²) in [5.74, 6) is -2.50. The lowest BCUT2D eigenvalue weighted by Gasteiger charge is -2.49. The maximum Gasteiger partial charge on any atom is 0.352 e. The molecule has 1 saturated heterocycles. The fourth-order valence-corrected chi connectivity index (χ4v) is 7.67. The van der Waals surface area contributed by atoms with Gasteiger partial charge < -0.3 is 15.5 Å². The van der Waals surface area contributed by atoms with Gasteiger partial charge in [0.2, 0.25) is 5.91 Å². The molecule has 3 heterocycles. The number of carbonyl (C=O) groups is 3. The van der Waals surface area contributed by atoms with E-state index in [1.54, 1.807) is 32.0 Å². The number of rotatable bonds is 9. The van der Waals surface area contributed by atoms with Crippen molar-refractivity contribution in [2.45, 2.75) is 41.4 Å². The van der Waals surface area contributed by atoms with Gasteiger partial charge in [0.1, 0.15) is 17.1 Å². The van der Waals surface area contributed by atoms with Gasteiger partial charge in [-0.05, 0) is 37.6 Å². The molecule has 3 N–H and O–H groups in total. The zero-order chi connectivity index (χ0) is 27.7. The van der Waals surface area contributed by atoms with Crippen LogP contribution in [-0.2, 0) is 14.4 Å². The van der Waals surface area contributed by atoms with Crippen LogP contribution in [0.2, 0.25) is 10.0 Å². The number of benzene rings is 1. The summed E-state index contributed by atoms with van der Waals surface area (Å²) in [6, 6.07) is 3.72. The first-order valence-electron chi connectivity index (χ1n) is 11.1. The standard InChI is InChI=1S/C22H21Cl2N5O6S3/c1-9(2)28-19(33)17(31)26-27-22(28)38-7-10-6-37-20-15(18(32)29(20)16(10)21(34)35)25-14(30)8-36-13-5-11(23)3-4-12(13)24/h3-5,9,15,20H,6-8H2,1-2H3,(H,25,30)(H,26,31)(H,34,35)/t15?,20-/m1/s1. The smallest absolute Gasteiger partial charge is 0.352 e. The number of aromatic hydroxyl groups is 1. The normalized spacial score (nSPS) is 18.9. The maximum atomic E-state index is 12.9. The molecule has 2 aliphatic rings. The molecule has 2 amide bonds. The Morgan fingerprint density at radius 3 is 2.66 bits per heavy atom. The molecule has 202 valence electrons. The third-order valence-corrected chi connectivity index (χ3v) is 9.66. The van der Waals surface area contributed by atoms with E-state index in [2.05, 4.69) is 15.5 Å². The zero-order valence-corrected chi connectivity index (χ0v) is 23.8. The number of nitrogens with zero attached hydrogens (tertiary/aromatic N) is 4. The molecule has 38 heavy (non-hydrogen) atoms.